The molecule has 0 radical (unpaired) electrons. The van der Waals surface area contributed by atoms with Crippen LogP contribution >= 0.6 is 0 Å². The van der Waals surface area contributed by atoms with Gasteiger partial charge in [0.1, 0.15) is 12.1 Å². The Morgan fingerprint density at radius 1 is 1.20 bits per heavy atom. The number of carbonyl (C=O) groups is 1. The number of carbonyl (C=O) groups excluding carboxylic acids is 1. The number of nitrogens with zero attached hydrogens (tertiary/aromatic N) is 6. The second-order valence-corrected chi connectivity index (χ2v) is 6.09. The second kappa shape index (κ2) is 6.88. The molecule has 0 saturated carbocycles. The molecule has 0 aliphatic rings. The van der Waals surface area contributed by atoms with E-state index in [9.17, 15) is 4.79 Å². The van der Waals surface area contributed by atoms with Crippen molar-refractivity contribution in [3.05, 3.63) is 30.0 Å². The van der Waals surface area contributed by atoms with Gasteiger partial charge in [0, 0.05) is 31.9 Å². The van der Waals surface area contributed by atoms with Crippen molar-refractivity contribution < 1.29 is 4.79 Å². The highest BCUT2D eigenvalue weighted by Gasteiger charge is 2.15. The van der Waals surface area contributed by atoms with Gasteiger partial charge in [-0.05, 0) is 20.8 Å². The molecule has 0 aliphatic heterocycles. The van der Waals surface area contributed by atoms with Crippen LogP contribution in [0.15, 0.2) is 18.7 Å². The SMILES string of the molecule is Cc1c(C(=O)NCCNc2ncnc3c2cnn3C)cnn1C(C)C. The van der Waals surface area contributed by atoms with Crippen LogP contribution in [-0.2, 0) is 7.05 Å². The summed E-state index contributed by atoms with van der Waals surface area (Å²) >= 11 is 0. The molecule has 0 aromatic carbocycles. The van der Waals surface area contributed by atoms with E-state index in [1.165, 1.54) is 6.33 Å². The highest BCUT2D eigenvalue weighted by atomic mass is 16.1. The first-order valence-corrected chi connectivity index (χ1v) is 8.18. The van der Waals surface area contributed by atoms with Crippen LogP contribution in [0.1, 0.15) is 35.9 Å². The molecule has 0 atom stereocenters. The Bertz CT molecular complexity index is 895. The third-order valence-corrected chi connectivity index (χ3v) is 4.01. The number of nitrogens with one attached hydrogen (secondary N) is 2. The predicted molar refractivity (Wildman–Crippen MR) is 94.5 cm³/mol. The molecule has 9 heteroatoms. The maximum atomic E-state index is 12.3. The van der Waals surface area contributed by atoms with Crippen molar-refractivity contribution in [1.82, 2.24) is 34.8 Å². The monoisotopic (exact) mass is 342 g/mol. The number of aryl methyl sites for hydroxylation is 1. The molecule has 0 fully saturated rings. The van der Waals surface area contributed by atoms with E-state index in [1.54, 1.807) is 17.1 Å². The van der Waals surface area contributed by atoms with Gasteiger partial charge < -0.3 is 10.6 Å². The molecule has 9 nitrogen and oxygen atoms in total. The van der Waals surface area contributed by atoms with Gasteiger partial charge in [-0.25, -0.2) is 9.97 Å². The van der Waals surface area contributed by atoms with Crippen LogP contribution in [0, 0.1) is 6.92 Å². The number of hydrogen-bond acceptors (Lipinski definition) is 6. The minimum absolute atomic E-state index is 0.125. The van der Waals surface area contributed by atoms with Crippen molar-refractivity contribution in [3.63, 3.8) is 0 Å². The molecule has 2 N–H and O–H groups in total. The van der Waals surface area contributed by atoms with E-state index in [0.29, 0.717) is 24.5 Å². The number of amides is 1. The van der Waals surface area contributed by atoms with Crippen molar-refractivity contribution >= 4 is 22.8 Å². The minimum Gasteiger partial charge on any atom is -0.368 e. The van der Waals surface area contributed by atoms with Gasteiger partial charge in [-0.1, -0.05) is 0 Å². The predicted octanol–water partition coefficient (Wildman–Crippen LogP) is 1.29. The van der Waals surface area contributed by atoms with Crippen molar-refractivity contribution in [2.75, 3.05) is 18.4 Å². The maximum absolute atomic E-state index is 12.3. The molecule has 1 amide bonds. The van der Waals surface area contributed by atoms with Gasteiger partial charge in [0.2, 0.25) is 0 Å². The molecule has 3 aromatic rings. The first kappa shape index (κ1) is 16.9. The van der Waals surface area contributed by atoms with Crippen molar-refractivity contribution in [1.29, 1.82) is 0 Å². The highest BCUT2D eigenvalue weighted by molar-refractivity contribution is 5.95. The van der Waals surface area contributed by atoms with E-state index >= 15 is 0 Å². The highest BCUT2D eigenvalue weighted by Crippen LogP contribution is 2.17. The zero-order valence-corrected chi connectivity index (χ0v) is 14.8. The summed E-state index contributed by atoms with van der Waals surface area (Å²) in [6.45, 7) is 6.99. The van der Waals surface area contributed by atoms with Gasteiger partial charge in [-0.2, -0.15) is 10.2 Å². The Morgan fingerprint density at radius 2 is 2.00 bits per heavy atom. The van der Waals surface area contributed by atoms with E-state index < -0.39 is 0 Å². The third kappa shape index (κ3) is 3.30. The van der Waals surface area contributed by atoms with Crippen LogP contribution < -0.4 is 10.6 Å². The van der Waals surface area contributed by atoms with Gasteiger partial charge >= 0.3 is 0 Å². The summed E-state index contributed by atoms with van der Waals surface area (Å²) < 4.78 is 3.53. The van der Waals surface area contributed by atoms with Crippen LogP contribution in [0.4, 0.5) is 5.82 Å². The number of fused-ring (bicyclic) bond motifs is 1. The maximum Gasteiger partial charge on any atom is 0.254 e. The smallest absolute Gasteiger partial charge is 0.254 e. The molecular weight excluding hydrogens is 320 g/mol. The lowest BCUT2D eigenvalue weighted by atomic mass is 10.2. The Labute approximate surface area is 145 Å². The van der Waals surface area contributed by atoms with E-state index in [2.05, 4.69) is 30.8 Å². The van der Waals surface area contributed by atoms with Crippen LogP contribution in [0.25, 0.3) is 11.0 Å². The lowest BCUT2D eigenvalue weighted by molar-refractivity contribution is 0.0954. The molecule has 3 rings (SSSR count). The summed E-state index contributed by atoms with van der Waals surface area (Å²) in [7, 11) is 1.83. The fourth-order valence-electron chi connectivity index (χ4n) is 2.72. The molecule has 25 heavy (non-hydrogen) atoms. The molecule has 0 spiro atoms. The van der Waals surface area contributed by atoms with E-state index in [0.717, 1.165) is 16.7 Å². The van der Waals surface area contributed by atoms with Gasteiger partial charge in [0.25, 0.3) is 5.91 Å². The summed E-state index contributed by atoms with van der Waals surface area (Å²) in [6, 6.07) is 0.225. The zero-order chi connectivity index (χ0) is 18.0. The van der Waals surface area contributed by atoms with E-state index in [1.807, 2.05) is 32.5 Å². The Kier molecular flexibility index (Phi) is 4.64. The zero-order valence-electron chi connectivity index (χ0n) is 14.8. The second-order valence-electron chi connectivity index (χ2n) is 6.09. The molecular formula is C16H22N8O. The standard InChI is InChI=1S/C16H22N8O/c1-10(2)24-11(3)12(7-22-24)16(25)18-6-5-17-14-13-8-21-23(4)15(13)20-9-19-14/h7-10H,5-6H2,1-4H3,(H,18,25)(H,17,19,20). The van der Waals surface area contributed by atoms with Crippen LogP contribution in [0.3, 0.4) is 0 Å². The van der Waals surface area contributed by atoms with E-state index in [-0.39, 0.29) is 11.9 Å². The normalized spacial score (nSPS) is 11.2. The summed E-state index contributed by atoms with van der Waals surface area (Å²) in [5.74, 6) is 0.580. The number of aromatic nitrogens is 6. The Hall–Kier alpha value is -2.97. The largest absolute Gasteiger partial charge is 0.368 e. The topological polar surface area (TPSA) is 103 Å². The van der Waals surface area contributed by atoms with Crippen molar-refractivity contribution in [2.24, 2.45) is 7.05 Å². The number of hydrogen-bond donors (Lipinski definition) is 2. The molecule has 0 bridgehead atoms. The lowest BCUT2D eigenvalue weighted by Gasteiger charge is -2.10. The van der Waals surface area contributed by atoms with Gasteiger partial charge in [0.05, 0.1) is 23.3 Å². The van der Waals surface area contributed by atoms with Crippen molar-refractivity contribution in [3.8, 4) is 0 Å². The van der Waals surface area contributed by atoms with E-state index in [4.69, 9.17) is 0 Å². The average molecular weight is 342 g/mol. The lowest BCUT2D eigenvalue weighted by Crippen LogP contribution is -2.29. The molecule has 0 aliphatic carbocycles. The quantitative estimate of drug-likeness (QED) is 0.655. The molecule has 0 saturated heterocycles. The fourth-order valence-corrected chi connectivity index (χ4v) is 2.72. The Morgan fingerprint density at radius 3 is 2.72 bits per heavy atom. The van der Waals surface area contributed by atoms with Gasteiger partial charge in [0.15, 0.2) is 5.65 Å². The first-order chi connectivity index (χ1) is 12.0. The summed E-state index contributed by atoms with van der Waals surface area (Å²) in [4.78, 5) is 20.7. The molecule has 0 unspecified atom stereocenters. The number of rotatable bonds is 6. The molecule has 3 heterocycles. The van der Waals surface area contributed by atoms with Crippen LogP contribution in [-0.4, -0.2) is 48.5 Å². The number of anilines is 1. The third-order valence-electron chi connectivity index (χ3n) is 4.01. The van der Waals surface area contributed by atoms with Gasteiger partial charge in [-0.3, -0.25) is 14.2 Å². The van der Waals surface area contributed by atoms with Crippen molar-refractivity contribution in [2.45, 2.75) is 26.8 Å². The minimum atomic E-state index is -0.125. The molecule has 3 aromatic heterocycles. The molecule has 132 valence electrons. The average Bonchev–Trinajstić information content (AvgIpc) is 3.15. The van der Waals surface area contributed by atoms with Crippen LogP contribution in [0.2, 0.25) is 0 Å². The first-order valence-electron chi connectivity index (χ1n) is 8.18. The fraction of sp³-hybridized carbons (Fsp3) is 0.438. The summed E-state index contributed by atoms with van der Waals surface area (Å²) in [6.07, 6.45) is 4.83. The van der Waals surface area contributed by atoms with Crippen LogP contribution in [0.5, 0.6) is 0 Å². The summed E-state index contributed by atoms with van der Waals surface area (Å²) in [5.41, 5.74) is 2.23. The van der Waals surface area contributed by atoms with Gasteiger partial charge in [-0.15, -0.1) is 0 Å². The summed E-state index contributed by atoms with van der Waals surface area (Å²) in [5, 5.41) is 15.4. The Balaban J connectivity index is 1.57.